The molecule has 0 bridgehead atoms. The minimum atomic E-state index is -0.187. The maximum Gasteiger partial charge on any atom is 0.263 e. The topological polar surface area (TPSA) is 49.9 Å². The standard InChI is InChI=1S/C19H22N2O3S/c1-20(15-8-3-4-9-16(15)24-2)18(22)14-7-5-11-21(13-14)19(23)17-10-6-12-25-17/h3-4,6,8-10,12,14H,5,7,11,13H2,1-2H3. The van der Waals surface area contributed by atoms with Crippen LogP contribution in [0.4, 0.5) is 5.69 Å². The van der Waals surface area contributed by atoms with Crippen LogP contribution >= 0.6 is 11.3 Å². The first-order chi connectivity index (χ1) is 12.1. The summed E-state index contributed by atoms with van der Waals surface area (Å²) < 4.78 is 5.36. The van der Waals surface area contributed by atoms with Crippen molar-refractivity contribution in [2.45, 2.75) is 12.8 Å². The van der Waals surface area contributed by atoms with Crippen molar-refractivity contribution < 1.29 is 14.3 Å². The normalized spacial score (nSPS) is 17.2. The molecule has 0 N–H and O–H groups in total. The van der Waals surface area contributed by atoms with Crippen molar-refractivity contribution in [3.05, 3.63) is 46.7 Å². The molecule has 1 saturated heterocycles. The van der Waals surface area contributed by atoms with Gasteiger partial charge in [-0.2, -0.15) is 0 Å². The van der Waals surface area contributed by atoms with Gasteiger partial charge in [0, 0.05) is 20.1 Å². The average molecular weight is 358 g/mol. The largest absolute Gasteiger partial charge is 0.495 e. The summed E-state index contributed by atoms with van der Waals surface area (Å²) in [6.45, 7) is 1.17. The quantitative estimate of drug-likeness (QED) is 0.843. The molecule has 2 aromatic rings. The molecule has 0 radical (unpaired) electrons. The second-order valence-electron chi connectivity index (χ2n) is 6.14. The van der Waals surface area contributed by atoms with E-state index in [1.165, 1.54) is 11.3 Å². The third kappa shape index (κ3) is 3.69. The first-order valence-electron chi connectivity index (χ1n) is 8.35. The number of anilines is 1. The Bertz CT molecular complexity index is 745. The third-order valence-electron chi connectivity index (χ3n) is 4.57. The van der Waals surface area contributed by atoms with Crippen molar-refractivity contribution in [1.29, 1.82) is 0 Å². The van der Waals surface area contributed by atoms with Gasteiger partial charge in [-0.05, 0) is 36.4 Å². The number of rotatable bonds is 4. The maximum atomic E-state index is 13.0. The lowest BCUT2D eigenvalue weighted by Crippen LogP contribution is -2.45. The number of amides is 2. The van der Waals surface area contributed by atoms with Crippen LogP contribution in [0.5, 0.6) is 5.75 Å². The van der Waals surface area contributed by atoms with E-state index in [0.29, 0.717) is 18.8 Å². The SMILES string of the molecule is COc1ccccc1N(C)C(=O)C1CCCN(C(=O)c2cccs2)C1. The highest BCUT2D eigenvalue weighted by molar-refractivity contribution is 7.12. The Morgan fingerprint density at radius 3 is 2.76 bits per heavy atom. The summed E-state index contributed by atoms with van der Waals surface area (Å²) in [5, 5.41) is 1.90. The van der Waals surface area contributed by atoms with Gasteiger partial charge in [0.2, 0.25) is 5.91 Å². The molecule has 5 nitrogen and oxygen atoms in total. The zero-order valence-electron chi connectivity index (χ0n) is 14.5. The fourth-order valence-electron chi connectivity index (χ4n) is 3.22. The first-order valence-corrected chi connectivity index (χ1v) is 9.23. The Kier molecular flexibility index (Phi) is 5.38. The molecule has 6 heteroatoms. The van der Waals surface area contributed by atoms with Gasteiger partial charge in [0.15, 0.2) is 0 Å². The molecule has 1 aromatic carbocycles. The molecule has 1 atom stereocenters. The molecule has 1 fully saturated rings. The molecule has 0 aliphatic carbocycles. The van der Waals surface area contributed by atoms with Crippen molar-refractivity contribution in [1.82, 2.24) is 4.90 Å². The number of hydrogen-bond acceptors (Lipinski definition) is 4. The van der Waals surface area contributed by atoms with Gasteiger partial charge in [0.25, 0.3) is 5.91 Å². The number of ether oxygens (including phenoxy) is 1. The van der Waals surface area contributed by atoms with E-state index in [1.807, 2.05) is 41.8 Å². The number of hydrogen-bond donors (Lipinski definition) is 0. The molecule has 0 spiro atoms. The van der Waals surface area contributed by atoms with Gasteiger partial charge in [-0.25, -0.2) is 0 Å². The second kappa shape index (κ2) is 7.70. The lowest BCUT2D eigenvalue weighted by Gasteiger charge is -2.34. The van der Waals surface area contributed by atoms with Crippen LogP contribution in [0.25, 0.3) is 0 Å². The van der Waals surface area contributed by atoms with E-state index in [2.05, 4.69) is 0 Å². The van der Waals surface area contributed by atoms with Crippen molar-refractivity contribution in [3.63, 3.8) is 0 Å². The van der Waals surface area contributed by atoms with Gasteiger partial charge in [0.05, 0.1) is 23.6 Å². The summed E-state index contributed by atoms with van der Waals surface area (Å²) in [5.41, 5.74) is 0.747. The molecule has 1 aromatic heterocycles. The highest BCUT2D eigenvalue weighted by atomic mass is 32.1. The molecular weight excluding hydrogens is 336 g/mol. The van der Waals surface area contributed by atoms with Crippen LogP contribution in [0.3, 0.4) is 0 Å². The second-order valence-corrected chi connectivity index (χ2v) is 7.08. The summed E-state index contributed by atoms with van der Waals surface area (Å²) in [7, 11) is 3.36. The van der Waals surface area contributed by atoms with E-state index < -0.39 is 0 Å². The predicted molar refractivity (Wildman–Crippen MR) is 99.4 cm³/mol. The van der Waals surface area contributed by atoms with E-state index in [9.17, 15) is 9.59 Å². The molecule has 1 aliphatic rings. The van der Waals surface area contributed by atoms with Crippen LogP contribution in [0, 0.1) is 5.92 Å². The van der Waals surface area contributed by atoms with Gasteiger partial charge in [-0.3, -0.25) is 9.59 Å². The Balaban J connectivity index is 1.72. The van der Waals surface area contributed by atoms with Gasteiger partial charge in [-0.15, -0.1) is 11.3 Å². The number of piperidine rings is 1. The number of nitrogens with zero attached hydrogens (tertiary/aromatic N) is 2. The van der Waals surface area contributed by atoms with E-state index in [4.69, 9.17) is 4.74 Å². The number of carbonyl (C=O) groups is 2. The number of carbonyl (C=O) groups excluding carboxylic acids is 2. The molecule has 0 saturated carbocycles. The molecule has 2 amide bonds. The summed E-state index contributed by atoms with van der Waals surface area (Å²) in [6, 6.07) is 11.2. The monoisotopic (exact) mass is 358 g/mol. The Morgan fingerprint density at radius 1 is 1.24 bits per heavy atom. The highest BCUT2D eigenvalue weighted by Crippen LogP contribution is 2.29. The lowest BCUT2D eigenvalue weighted by molar-refractivity contribution is -0.123. The van der Waals surface area contributed by atoms with Crippen LogP contribution in [-0.2, 0) is 4.79 Å². The Morgan fingerprint density at radius 2 is 2.04 bits per heavy atom. The Hall–Kier alpha value is -2.34. The van der Waals surface area contributed by atoms with Crippen LogP contribution in [0.2, 0.25) is 0 Å². The molecule has 3 rings (SSSR count). The molecule has 1 unspecified atom stereocenters. The minimum absolute atomic E-state index is 0.0208. The minimum Gasteiger partial charge on any atom is -0.495 e. The van der Waals surface area contributed by atoms with Crippen LogP contribution in [0.1, 0.15) is 22.5 Å². The summed E-state index contributed by atoms with van der Waals surface area (Å²) in [5.74, 6) is 0.522. The smallest absolute Gasteiger partial charge is 0.263 e. The van der Waals surface area contributed by atoms with Gasteiger partial charge < -0.3 is 14.5 Å². The van der Waals surface area contributed by atoms with Gasteiger partial charge in [-0.1, -0.05) is 18.2 Å². The number of likely N-dealkylation sites (tertiary alicyclic amines) is 1. The van der Waals surface area contributed by atoms with Crippen molar-refractivity contribution in [2.24, 2.45) is 5.92 Å². The maximum absolute atomic E-state index is 13.0. The number of methoxy groups -OCH3 is 1. The van der Waals surface area contributed by atoms with Gasteiger partial charge in [0.1, 0.15) is 5.75 Å². The van der Waals surface area contributed by atoms with E-state index in [1.54, 1.807) is 24.0 Å². The van der Waals surface area contributed by atoms with Crippen molar-refractivity contribution in [3.8, 4) is 5.75 Å². The lowest BCUT2D eigenvalue weighted by atomic mass is 9.96. The fraction of sp³-hybridized carbons (Fsp3) is 0.368. The van der Waals surface area contributed by atoms with E-state index >= 15 is 0 Å². The molecule has 2 heterocycles. The summed E-state index contributed by atoms with van der Waals surface area (Å²) in [4.78, 5) is 29.7. The summed E-state index contributed by atoms with van der Waals surface area (Å²) in [6.07, 6.45) is 1.64. The first kappa shape index (κ1) is 17.5. The van der Waals surface area contributed by atoms with Crippen molar-refractivity contribution >= 4 is 28.8 Å². The molecule has 25 heavy (non-hydrogen) atoms. The van der Waals surface area contributed by atoms with E-state index in [0.717, 1.165) is 23.4 Å². The number of benzene rings is 1. The third-order valence-corrected chi connectivity index (χ3v) is 5.42. The van der Waals surface area contributed by atoms with Crippen LogP contribution in [0.15, 0.2) is 41.8 Å². The average Bonchev–Trinajstić information content (AvgIpc) is 3.21. The number of thiophene rings is 1. The molecule has 1 aliphatic heterocycles. The van der Waals surface area contributed by atoms with Crippen LogP contribution in [-0.4, -0.2) is 44.0 Å². The van der Waals surface area contributed by atoms with Gasteiger partial charge >= 0.3 is 0 Å². The molecular formula is C19H22N2O3S. The van der Waals surface area contributed by atoms with Crippen molar-refractivity contribution in [2.75, 3.05) is 32.1 Å². The molecule has 132 valence electrons. The number of para-hydroxylation sites is 2. The Labute approximate surface area is 151 Å². The van der Waals surface area contributed by atoms with Crippen LogP contribution < -0.4 is 9.64 Å². The summed E-state index contributed by atoms with van der Waals surface area (Å²) >= 11 is 1.44. The predicted octanol–water partition coefficient (Wildman–Crippen LogP) is 3.27. The zero-order valence-corrected chi connectivity index (χ0v) is 15.3. The highest BCUT2D eigenvalue weighted by Gasteiger charge is 2.31. The zero-order chi connectivity index (χ0) is 17.8. The van der Waals surface area contributed by atoms with E-state index in [-0.39, 0.29) is 17.7 Å². The fourth-order valence-corrected chi connectivity index (χ4v) is 3.91.